The number of nitrogens with zero attached hydrogens (tertiary/aromatic N) is 4. The summed E-state index contributed by atoms with van der Waals surface area (Å²) in [6.45, 7) is 1.67. The van der Waals surface area contributed by atoms with Crippen molar-refractivity contribution in [3.05, 3.63) is 22.9 Å². The normalized spacial score (nSPS) is 15.4. The summed E-state index contributed by atoms with van der Waals surface area (Å²) in [5.74, 6) is 0. The van der Waals surface area contributed by atoms with E-state index in [1.807, 2.05) is 0 Å². The van der Waals surface area contributed by atoms with Crippen molar-refractivity contribution in [1.29, 1.82) is 0 Å². The largest absolute Gasteiger partial charge is 0.314 e. The standard InChI is InChI=1S/C12H17N5O/c1-16-11-10(7-15-16)12(18)17(8-14-11)6-2-5-13-9-3-4-9/h7-9,13H,2-6H2,1H3. The van der Waals surface area contributed by atoms with E-state index in [1.165, 1.54) is 12.8 Å². The van der Waals surface area contributed by atoms with Gasteiger partial charge in [-0.3, -0.25) is 14.0 Å². The Labute approximate surface area is 105 Å². The van der Waals surface area contributed by atoms with Crippen LogP contribution in [0.5, 0.6) is 0 Å². The summed E-state index contributed by atoms with van der Waals surface area (Å²) in [5, 5.41) is 8.08. The number of fused-ring (bicyclic) bond motifs is 1. The maximum Gasteiger partial charge on any atom is 0.264 e. The predicted octanol–water partition coefficient (Wildman–Crippen LogP) is 0.272. The van der Waals surface area contributed by atoms with Crippen molar-refractivity contribution in [2.45, 2.75) is 31.8 Å². The van der Waals surface area contributed by atoms with Gasteiger partial charge in [0.25, 0.3) is 5.56 Å². The fourth-order valence-electron chi connectivity index (χ4n) is 2.07. The molecule has 96 valence electrons. The van der Waals surface area contributed by atoms with E-state index in [4.69, 9.17) is 0 Å². The lowest BCUT2D eigenvalue weighted by Crippen LogP contribution is -2.24. The van der Waals surface area contributed by atoms with Gasteiger partial charge < -0.3 is 5.32 Å². The SMILES string of the molecule is Cn1ncc2c(=O)n(CCCNC3CC3)cnc21. The van der Waals surface area contributed by atoms with Gasteiger partial charge in [-0.15, -0.1) is 0 Å². The van der Waals surface area contributed by atoms with Crippen LogP contribution in [0.2, 0.25) is 0 Å². The maximum atomic E-state index is 12.1. The van der Waals surface area contributed by atoms with Crippen molar-refractivity contribution in [2.75, 3.05) is 6.54 Å². The zero-order valence-electron chi connectivity index (χ0n) is 10.5. The first kappa shape index (κ1) is 11.4. The number of aryl methyl sites for hydroxylation is 2. The first-order valence-corrected chi connectivity index (χ1v) is 6.36. The Morgan fingerprint density at radius 2 is 2.33 bits per heavy atom. The minimum absolute atomic E-state index is 0.000443. The number of hydrogen-bond acceptors (Lipinski definition) is 4. The number of aromatic nitrogens is 4. The first-order chi connectivity index (χ1) is 8.75. The lowest BCUT2D eigenvalue weighted by Gasteiger charge is -2.05. The van der Waals surface area contributed by atoms with E-state index in [0.29, 0.717) is 17.6 Å². The average Bonchev–Trinajstić information content (AvgIpc) is 3.11. The quantitative estimate of drug-likeness (QED) is 0.770. The Morgan fingerprint density at radius 3 is 3.11 bits per heavy atom. The van der Waals surface area contributed by atoms with Gasteiger partial charge in [0.2, 0.25) is 0 Å². The molecule has 0 saturated heterocycles. The van der Waals surface area contributed by atoms with E-state index in [1.54, 1.807) is 28.8 Å². The van der Waals surface area contributed by atoms with Crippen molar-refractivity contribution >= 4 is 11.0 Å². The molecule has 1 fully saturated rings. The highest BCUT2D eigenvalue weighted by molar-refractivity contribution is 5.72. The Kier molecular flexibility index (Phi) is 2.87. The van der Waals surface area contributed by atoms with Crippen LogP contribution in [0.15, 0.2) is 17.3 Å². The second-order valence-electron chi connectivity index (χ2n) is 4.83. The molecule has 3 rings (SSSR count). The van der Waals surface area contributed by atoms with Gasteiger partial charge >= 0.3 is 0 Å². The van der Waals surface area contributed by atoms with Crippen LogP contribution in [0.25, 0.3) is 11.0 Å². The Balaban J connectivity index is 1.71. The average molecular weight is 247 g/mol. The van der Waals surface area contributed by atoms with Gasteiger partial charge in [0, 0.05) is 19.6 Å². The van der Waals surface area contributed by atoms with Crippen molar-refractivity contribution in [2.24, 2.45) is 7.05 Å². The summed E-state index contributed by atoms with van der Waals surface area (Å²) >= 11 is 0. The zero-order valence-corrected chi connectivity index (χ0v) is 10.5. The Morgan fingerprint density at radius 1 is 1.50 bits per heavy atom. The van der Waals surface area contributed by atoms with Gasteiger partial charge in [0.1, 0.15) is 5.39 Å². The van der Waals surface area contributed by atoms with Gasteiger partial charge in [-0.25, -0.2) is 4.98 Å². The minimum atomic E-state index is -0.000443. The molecule has 0 aromatic carbocycles. The lowest BCUT2D eigenvalue weighted by molar-refractivity contribution is 0.565. The monoisotopic (exact) mass is 247 g/mol. The zero-order chi connectivity index (χ0) is 12.5. The molecule has 0 radical (unpaired) electrons. The van der Waals surface area contributed by atoms with E-state index in [-0.39, 0.29) is 5.56 Å². The van der Waals surface area contributed by atoms with Crippen LogP contribution in [0.4, 0.5) is 0 Å². The van der Waals surface area contributed by atoms with Gasteiger partial charge in [-0.05, 0) is 25.8 Å². The summed E-state index contributed by atoms with van der Waals surface area (Å²) in [7, 11) is 1.79. The predicted molar refractivity (Wildman–Crippen MR) is 68.4 cm³/mol. The molecule has 0 unspecified atom stereocenters. The minimum Gasteiger partial charge on any atom is -0.314 e. The fourth-order valence-corrected chi connectivity index (χ4v) is 2.07. The van der Waals surface area contributed by atoms with Crippen molar-refractivity contribution in [3.63, 3.8) is 0 Å². The Hall–Kier alpha value is -1.69. The third-order valence-electron chi connectivity index (χ3n) is 3.30. The molecular formula is C12H17N5O. The molecule has 1 saturated carbocycles. The second kappa shape index (κ2) is 4.53. The van der Waals surface area contributed by atoms with E-state index in [9.17, 15) is 4.79 Å². The van der Waals surface area contributed by atoms with Crippen molar-refractivity contribution in [3.8, 4) is 0 Å². The molecule has 0 atom stereocenters. The first-order valence-electron chi connectivity index (χ1n) is 6.36. The van der Waals surface area contributed by atoms with E-state index in [0.717, 1.165) is 19.0 Å². The van der Waals surface area contributed by atoms with Gasteiger partial charge in [-0.1, -0.05) is 0 Å². The molecule has 18 heavy (non-hydrogen) atoms. The smallest absolute Gasteiger partial charge is 0.264 e. The molecule has 2 aromatic rings. The summed E-state index contributed by atoms with van der Waals surface area (Å²) in [4.78, 5) is 16.4. The summed E-state index contributed by atoms with van der Waals surface area (Å²) in [6, 6.07) is 0.723. The molecule has 2 aromatic heterocycles. The van der Waals surface area contributed by atoms with E-state index in [2.05, 4.69) is 15.4 Å². The summed E-state index contributed by atoms with van der Waals surface area (Å²) < 4.78 is 3.29. The molecule has 0 amide bonds. The van der Waals surface area contributed by atoms with Gasteiger partial charge in [-0.2, -0.15) is 5.10 Å². The van der Waals surface area contributed by atoms with Crippen molar-refractivity contribution in [1.82, 2.24) is 24.6 Å². The molecule has 2 heterocycles. The van der Waals surface area contributed by atoms with Crippen LogP contribution in [0.1, 0.15) is 19.3 Å². The van der Waals surface area contributed by atoms with Gasteiger partial charge in [0.05, 0.1) is 12.5 Å². The van der Waals surface area contributed by atoms with E-state index < -0.39 is 0 Å². The van der Waals surface area contributed by atoms with Crippen molar-refractivity contribution < 1.29 is 0 Å². The number of nitrogens with one attached hydrogen (secondary N) is 1. The van der Waals surface area contributed by atoms with Crippen LogP contribution in [0.3, 0.4) is 0 Å². The number of hydrogen-bond donors (Lipinski definition) is 1. The highest BCUT2D eigenvalue weighted by Gasteiger charge is 2.19. The molecular weight excluding hydrogens is 230 g/mol. The molecule has 6 nitrogen and oxygen atoms in total. The fraction of sp³-hybridized carbons (Fsp3) is 0.583. The molecule has 0 spiro atoms. The molecule has 6 heteroatoms. The molecule has 1 aliphatic rings. The van der Waals surface area contributed by atoms with Crippen LogP contribution >= 0.6 is 0 Å². The lowest BCUT2D eigenvalue weighted by atomic mass is 10.3. The maximum absolute atomic E-state index is 12.1. The highest BCUT2D eigenvalue weighted by atomic mass is 16.1. The van der Waals surface area contributed by atoms with Crippen LogP contribution < -0.4 is 10.9 Å². The van der Waals surface area contributed by atoms with E-state index >= 15 is 0 Å². The third-order valence-corrected chi connectivity index (χ3v) is 3.30. The molecule has 1 N–H and O–H groups in total. The molecule has 0 bridgehead atoms. The van der Waals surface area contributed by atoms with Crippen LogP contribution in [0, 0.1) is 0 Å². The molecule has 0 aliphatic heterocycles. The van der Waals surface area contributed by atoms with Crippen LogP contribution in [-0.2, 0) is 13.6 Å². The van der Waals surface area contributed by atoms with Gasteiger partial charge in [0.15, 0.2) is 5.65 Å². The second-order valence-corrected chi connectivity index (χ2v) is 4.83. The highest BCUT2D eigenvalue weighted by Crippen LogP contribution is 2.18. The topological polar surface area (TPSA) is 64.7 Å². The summed E-state index contributed by atoms with van der Waals surface area (Å²) in [6.07, 6.45) is 6.74. The van der Waals surface area contributed by atoms with Crippen LogP contribution in [-0.4, -0.2) is 31.9 Å². The Bertz CT molecular complexity index is 610. The molecule has 1 aliphatic carbocycles. The third kappa shape index (κ3) is 2.15. The summed E-state index contributed by atoms with van der Waals surface area (Å²) in [5.41, 5.74) is 0.645. The number of rotatable bonds is 5.